The van der Waals surface area contributed by atoms with Gasteiger partial charge in [0, 0.05) is 25.8 Å². The Morgan fingerprint density at radius 3 is 2.67 bits per heavy atom. The van der Waals surface area contributed by atoms with Crippen LogP contribution < -0.4 is 0 Å². The summed E-state index contributed by atoms with van der Waals surface area (Å²) in [4.78, 5) is 13.5. The number of carbonyl (C=O) groups is 1. The summed E-state index contributed by atoms with van der Waals surface area (Å²) < 4.78 is 42.8. The summed E-state index contributed by atoms with van der Waals surface area (Å²) in [6, 6.07) is 6.14. The molecular formula is C14H15F3N2O2. The number of nitriles is 1. The van der Waals surface area contributed by atoms with Gasteiger partial charge in [0.1, 0.15) is 0 Å². The van der Waals surface area contributed by atoms with Crippen LogP contribution in [-0.2, 0) is 10.9 Å². The van der Waals surface area contributed by atoms with Gasteiger partial charge in [-0.3, -0.25) is 4.79 Å². The predicted octanol–water partition coefficient (Wildman–Crippen LogP) is 2.71. The fourth-order valence-corrected chi connectivity index (χ4v) is 1.71. The summed E-state index contributed by atoms with van der Waals surface area (Å²) in [5.41, 5.74) is -0.931. The molecular weight excluding hydrogens is 285 g/mol. The van der Waals surface area contributed by atoms with Gasteiger partial charge < -0.3 is 9.64 Å². The van der Waals surface area contributed by atoms with E-state index in [1.54, 1.807) is 0 Å². The highest BCUT2D eigenvalue weighted by molar-refractivity contribution is 5.94. The van der Waals surface area contributed by atoms with Gasteiger partial charge in [-0.2, -0.15) is 18.4 Å². The summed E-state index contributed by atoms with van der Waals surface area (Å²) in [5.74, 6) is -0.548. The van der Waals surface area contributed by atoms with Crippen molar-refractivity contribution in [2.75, 3.05) is 26.8 Å². The van der Waals surface area contributed by atoms with Crippen molar-refractivity contribution < 1.29 is 22.7 Å². The van der Waals surface area contributed by atoms with Gasteiger partial charge in [0.25, 0.3) is 5.91 Å². The molecule has 0 radical (unpaired) electrons. The molecule has 1 aromatic rings. The van der Waals surface area contributed by atoms with Crippen molar-refractivity contribution in [2.45, 2.75) is 12.6 Å². The first-order valence-electron chi connectivity index (χ1n) is 6.22. The zero-order valence-corrected chi connectivity index (χ0v) is 11.5. The number of ether oxygens (including phenoxy) is 1. The van der Waals surface area contributed by atoms with Crippen molar-refractivity contribution in [2.24, 2.45) is 0 Å². The minimum Gasteiger partial charge on any atom is -0.383 e. The SMILES string of the molecule is COCCN(CCC#N)C(=O)c1cccc(C(F)(F)F)c1. The molecule has 0 aliphatic heterocycles. The van der Waals surface area contributed by atoms with Crippen LogP contribution in [0.2, 0.25) is 0 Å². The molecule has 114 valence electrons. The Labute approximate surface area is 120 Å². The molecule has 7 heteroatoms. The normalized spacial score (nSPS) is 11.0. The largest absolute Gasteiger partial charge is 0.416 e. The monoisotopic (exact) mass is 300 g/mol. The molecule has 0 heterocycles. The third kappa shape index (κ3) is 5.08. The van der Waals surface area contributed by atoms with Crippen molar-refractivity contribution >= 4 is 5.91 Å². The topological polar surface area (TPSA) is 53.3 Å². The van der Waals surface area contributed by atoms with E-state index in [1.807, 2.05) is 6.07 Å². The zero-order chi connectivity index (χ0) is 15.9. The Morgan fingerprint density at radius 1 is 1.38 bits per heavy atom. The van der Waals surface area contributed by atoms with Gasteiger partial charge in [0.05, 0.1) is 24.7 Å². The number of alkyl halides is 3. The van der Waals surface area contributed by atoms with Crippen LogP contribution in [0.3, 0.4) is 0 Å². The fraction of sp³-hybridized carbons (Fsp3) is 0.429. The van der Waals surface area contributed by atoms with E-state index in [9.17, 15) is 18.0 Å². The Kier molecular flexibility index (Phi) is 6.18. The summed E-state index contributed by atoms with van der Waals surface area (Å²) in [5, 5.41) is 8.58. The maximum atomic E-state index is 12.6. The van der Waals surface area contributed by atoms with E-state index in [4.69, 9.17) is 10.00 Å². The van der Waals surface area contributed by atoms with Gasteiger partial charge in [0.15, 0.2) is 0 Å². The Morgan fingerprint density at radius 2 is 2.10 bits per heavy atom. The van der Waals surface area contributed by atoms with Gasteiger partial charge >= 0.3 is 6.18 Å². The first-order valence-corrected chi connectivity index (χ1v) is 6.22. The quantitative estimate of drug-likeness (QED) is 0.811. The van der Waals surface area contributed by atoms with Crippen molar-refractivity contribution in [3.05, 3.63) is 35.4 Å². The number of halogens is 3. The van der Waals surface area contributed by atoms with Crippen molar-refractivity contribution in [1.82, 2.24) is 4.90 Å². The molecule has 0 atom stereocenters. The number of nitrogens with zero attached hydrogens (tertiary/aromatic N) is 2. The molecule has 0 saturated heterocycles. The molecule has 0 aliphatic rings. The molecule has 0 spiro atoms. The first-order chi connectivity index (χ1) is 9.90. The van der Waals surface area contributed by atoms with E-state index in [0.29, 0.717) is 0 Å². The lowest BCUT2D eigenvalue weighted by atomic mass is 10.1. The van der Waals surface area contributed by atoms with Crippen LogP contribution in [0.15, 0.2) is 24.3 Å². The second-order valence-electron chi connectivity index (χ2n) is 4.27. The number of hydrogen-bond donors (Lipinski definition) is 0. The molecule has 4 nitrogen and oxygen atoms in total. The van der Waals surface area contributed by atoms with E-state index >= 15 is 0 Å². The average Bonchev–Trinajstić information content (AvgIpc) is 2.46. The number of hydrogen-bond acceptors (Lipinski definition) is 3. The van der Waals surface area contributed by atoms with Crippen LogP contribution >= 0.6 is 0 Å². The van der Waals surface area contributed by atoms with E-state index < -0.39 is 17.6 Å². The van der Waals surface area contributed by atoms with E-state index in [2.05, 4.69) is 0 Å². The number of amides is 1. The van der Waals surface area contributed by atoms with Crippen LogP contribution in [0.5, 0.6) is 0 Å². The molecule has 0 aromatic heterocycles. The number of benzene rings is 1. The lowest BCUT2D eigenvalue weighted by Crippen LogP contribution is -2.34. The maximum Gasteiger partial charge on any atom is 0.416 e. The van der Waals surface area contributed by atoms with E-state index in [-0.39, 0.29) is 31.7 Å². The molecule has 1 amide bonds. The molecule has 0 unspecified atom stereocenters. The van der Waals surface area contributed by atoms with Gasteiger partial charge in [-0.15, -0.1) is 0 Å². The standard InChI is InChI=1S/C14H15F3N2O2/c1-21-9-8-19(7-3-6-18)13(20)11-4-2-5-12(10-11)14(15,16)17/h2,4-5,10H,3,7-9H2,1H3. The van der Waals surface area contributed by atoms with Gasteiger partial charge in [0.2, 0.25) is 0 Å². The van der Waals surface area contributed by atoms with Crippen LogP contribution in [0.1, 0.15) is 22.3 Å². The lowest BCUT2D eigenvalue weighted by Gasteiger charge is -2.21. The first kappa shape index (κ1) is 17.0. The fourth-order valence-electron chi connectivity index (χ4n) is 1.71. The van der Waals surface area contributed by atoms with Crippen molar-refractivity contribution in [3.63, 3.8) is 0 Å². The van der Waals surface area contributed by atoms with E-state index in [1.165, 1.54) is 24.1 Å². The van der Waals surface area contributed by atoms with Crippen LogP contribution in [-0.4, -0.2) is 37.6 Å². The summed E-state index contributed by atoms with van der Waals surface area (Å²) in [6.45, 7) is 0.609. The highest BCUT2D eigenvalue weighted by atomic mass is 19.4. The summed E-state index contributed by atoms with van der Waals surface area (Å²) >= 11 is 0. The molecule has 21 heavy (non-hydrogen) atoms. The third-order valence-corrected chi connectivity index (χ3v) is 2.78. The van der Waals surface area contributed by atoms with Crippen LogP contribution in [0, 0.1) is 11.3 Å². The molecule has 0 aliphatic carbocycles. The molecule has 0 fully saturated rings. The van der Waals surface area contributed by atoms with E-state index in [0.717, 1.165) is 12.1 Å². The minimum atomic E-state index is -4.50. The van der Waals surface area contributed by atoms with Crippen molar-refractivity contribution in [3.8, 4) is 6.07 Å². The molecule has 1 aromatic carbocycles. The van der Waals surface area contributed by atoms with Crippen molar-refractivity contribution in [1.29, 1.82) is 5.26 Å². The highest BCUT2D eigenvalue weighted by Gasteiger charge is 2.31. The summed E-state index contributed by atoms with van der Waals surface area (Å²) in [7, 11) is 1.46. The molecule has 0 bridgehead atoms. The summed E-state index contributed by atoms with van der Waals surface area (Å²) in [6.07, 6.45) is -4.39. The smallest absolute Gasteiger partial charge is 0.383 e. The van der Waals surface area contributed by atoms with Gasteiger partial charge in [-0.1, -0.05) is 6.07 Å². The lowest BCUT2D eigenvalue weighted by molar-refractivity contribution is -0.137. The average molecular weight is 300 g/mol. The maximum absolute atomic E-state index is 12.6. The molecule has 1 rings (SSSR count). The molecule has 0 N–H and O–H groups in total. The Bertz CT molecular complexity index is 524. The predicted molar refractivity (Wildman–Crippen MR) is 69.5 cm³/mol. The highest BCUT2D eigenvalue weighted by Crippen LogP contribution is 2.29. The van der Waals surface area contributed by atoms with Crippen LogP contribution in [0.25, 0.3) is 0 Å². The minimum absolute atomic E-state index is 0.0566. The van der Waals surface area contributed by atoms with Gasteiger partial charge in [-0.25, -0.2) is 0 Å². The third-order valence-electron chi connectivity index (χ3n) is 2.78. The van der Waals surface area contributed by atoms with Crippen LogP contribution in [0.4, 0.5) is 13.2 Å². The Hall–Kier alpha value is -2.07. The Balaban J connectivity index is 2.95. The molecule has 0 saturated carbocycles. The second kappa shape index (κ2) is 7.64. The number of methoxy groups -OCH3 is 1. The number of carbonyl (C=O) groups excluding carboxylic acids is 1. The number of rotatable bonds is 6. The van der Waals surface area contributed by atoms with Gasteiger partial charge in [-0.05, 0) is 18.2 Å². The zero-order valence-electron chi connectivity index (χ0n) is 11.5. The second-order valence-corrected chi connectivity index (χ2v) is 4.27.